The van der Waals surface area contributed by atoms with Crippen LogP contribution in [-0.2, 0) is 0 Å². The van der Waals surface area contributed by atoms with E-state index in [1.807, 2.05) is 30.3 Å². The van der Waals surface area contributed by atoms with Crippen molar-refractivity contribution < 1.29 is 4.74 Å². The van der Waals surface area contributed by atoms with Gasteiger partial charge in [0, 0.05) is 5.69 Å². The van der Waals surface area contributed by atoms with Crippen LogP contribution >= 0.6 is 12.2 Å². The maximum atomic E-state index is 5.47. The average Bonchev–Trinajstić information content (AvgIpc) is 2.55. The van der Waals surface area contributed by atoms with Crippen LogP contribution in [0.2, 0.25) is 0 Å². The molecule has 0 spiro atoms. The minimum absolute atomic E-state index is 0.203. The molecule has 0 aromatic heterocycles. The van der Waals surface area contributed by atoms with Crippen LogP contribution < -0.4 is 15.4 Å². The molecule has 122 valence electrons. The molecule has 2 aromatic carbocycles. The van der Waals surface area contributed by atoms with E-state index in [-0.39, 0.29) is 6.04 Å². The fourth-order valence-corrected chi connectivity index (χ4v) is 2.69. The molecule has 2 N–H and O–H groups in total. The molecule has 1 atom stereocenters. The maximum absolute atomic E-state index is 5.47. The molecule has 0 fully saturated rings. The third kappa shape index (κ3) is 5.57. The summed E-state index contributed by atoms with van der Waals surface area (Å²) in [7, 11) is 1.66. The minimum Gasteiger partial charge on any atom is -0.497 e. The lowest BCUT2D eigenvalue weighted by atomic mass is 9.97. The number of nitrogens with one attached hydrogen (secondary N) is 2. The topological polar surface area (TPSA) is 33.3 Å². The lowest BCUT2D eigenvalue weighted by Gasteiger charge is -2.23. The summed E-state index contributed by atoms with van der Waals surface area (Å²) in [6.07, 6.45) is 1.02. The molecule has 3 nitrogen and oxygen atoms in total. The van der Waals surface area contributed by atoms with Crippen molar-refractivity contribution in [2.24, 2.45) is 5.92 Å². The van der Waals surface area contributed by atoms with Gasteiger partial charge in [-0.15, -0.1) is 0 Å². The van der Waals surface area contributed by atoms with Crippen molar-refractivity contribution in [3.63, 3.8) is 0 Å². The number of benzene rings is 2. The number of rotatable bonds is 6. The van der Waals surface area contributed by atoms with Gasteiger partial charge in [-0.2, -0.15) is 0 Å². The molecular weight excluding hydrogens is 304 g/mol. The monoisotopic (exact) mass is 328 g/mol. The van der Waals surface area contributed by atoms with Crippen LogP contribution in [0.4, 0.5) is 5.69 Å². The van der Waals surface area contributed by atoms with E-state index in [0.29, 0.717) is 11.0 Å². The van der Waals surface area contributed by atoms with Crippen LogP contribution in [-0.4, -0.2) is 12.2 Å². The molecule has 0 amide bonds. The van der Waals surface area contributed by atoms with Gasteiger partial charge in [0.05, 0.1) is 13.2 Å². The standard InChI is InChI=1S/C19H24N2OS/c1-14(2)13-18(15-7-5-4-6-8-15)21-19(23)20-16-9-11-17(22-3)12-10-16/h4-12,14,18H,13H2,1-3H3,(H2,20,21,23). The van der Waals surface area contributed by atoms with Gasteiger partial charge in [0.2, 0.25) is 0 Å². The van der Waals surface area contributed by atoms with Crippen LogP contribution in [0.25, 0.3) is 0 Å². The Labute approximate surface area is 144 Å². The molecule has 0 aliphatic carbocycles. The SMILES string of the molecule is COc1ccc(NC(=S)NC(CC(C)C)c2ccccc2)cc1. The molecule has 0 aliphatic rings. The maximum Gasteiger partial charge on any atom is 0.171 e. The van der Waals surface area contributed by atoms with E-state index < -0.39 is 0 Å². The molecule has 0 saturated heterocycles. The number of hydrogen-bond acceptors (Lipinski definition) is 2. The number of hydrogen-bond donors (Lipinski definition) is 2. The molecule has 0 aliphatic heterocycles. The summed E-state index contributed by atoms with van der Waals surface area (Å²) in [5.41, 5.74) is 2.19. The lowest BCUT2D eigenvalue weighted by Crippen LogP contribution is -2.33. The van der Waals surface area contributed by atoms with Crippen molar-refractivity contribution >= 4 is 23.0 Å². The first-order valence-electron chi connectivity index (χ1n) is 7.85. The molecule has 0 bridgehead atoms. The Hall–Kier alpha value is -2.07. The van der Waals surface area contributed by atoms with Crippen LogP contribution in [0.5, 0.6) is 5.75 Å². The largest absolute Gasteiger partial charge is 0.497 e. The Balaban J connectivity index is 2.02. The summed E-state index contributed by atoms with van der Waals surface area (Å²) in [6, 6.07) is 18.3. The van der Waals surface area contributed by atoms with E-state index in [4.69, 9.17) is 17.0 Å². The van der Waals surface area contributed by atoms with Gasteiger partial charge in [-0.05, 0) is 54.4 Å². The summed E-state index contributed by atoms with van der Waals surface area (Å²) >= 11 is 5.47. The number of ether oxygens (including phenoxy) is 1. The molecule has 0 radical (unpaired) electrons. The highest BCUT2D eigenvalue weighted by molar-refractivity contribution is 7.80. The molecule has 2 rings (SSSR count). The fourth-order valence-electron chi connectivity index (χ4n) is 2.43. The smallest absolute Gasteiger partial charge is 0.171 e. The third-order valence-electron chi connectivity index (χ3n) is 3.56. The summed E-state index contributed by atoms with van der Waals surface area (Å²) < 4.78 is 5.16. The van der Waals surface area contributed by atoms with Gasteiger partial charge >= 0.3 is 0 Å². The molecule has 4 heteroatoms. The molecule has 1 unspecified atom stereocenters. The molecule has 0 saturated carbocycles. The molecule has 0 heterocycles. The van der Waals surface area contributed by atoms with Crippen molar-refractivity contribution in [2.45, 2.75) is 26.3 Å². The first kappa shape index (κ1) is 17.3. The normalized spacial score (nSPS) is 11.8. The van der Waals surface area contributed by atoms with E-state index >= 15 is 0 Å². The lowest BCUT2D eigenvalue weighted by molar-refractivity contribution is 0.415. The van der Waals surface area contributed by atoms with Crippen LogP contribution in [0.15, 0.2) is 54.6 Å². The van der Waals surface area contributed by atoms with E-state index in [9.17, 15) is 0 Å². The first-order valence-corrected chi connectivity index (χ1v) is 8.26. The van der Waals surface area contributed by atoms with E-state index in [1.165, 1.54) is 5.56 Å². The predicted octanol–water partition coefficient (Wildman–Crippen LogP) is 4.77. The minimum atomic E-state index is 0.203. The highest BCUT2D eigenvalue weighted by atomic mass is 32.1. The van der Waals surface area contributed by atoms with Crippen LogP contribution in [0.1, 0.15) is 31.9 Å². The fraction of sp³-hybridized carbons (Fsp3) is 0.316. The van der Waals surface area contributed by atoms with Crippen molar-refractivity contribution in [1.29, 1.82) is 0 Å². The highest BCUT2D eigenvalue weighted by Crippen LogP contribution is 2.21. The quantitative estimate of drug-likeness (QED) is 0.749. The Morgan fingerprint density at radius 2 is 1.70 bits per heavy atom. The van der Waals surface area contributed by atoms with Crippen LogP contribution in [0.3, 0.4) is 0 Å². The van der Waals surface area contributed by atoms with E-state index in [1.54, 1.807) is 7.11 Å². The van der Waals surface area contributed by atoms with Crippen molar-refractivity contribution in [2.75, 3.05) is 12.4 Å². The van der Waals surface area contributed by atoms with Gasteiger partial charge in [-0.1, -0.05) is 44.2 Å². The molecular formula is C19H24N2OS. The number of thiocarbonyl (C=S) groups is 1. The predicted molar refractivity (Wildman–Crippen MR) is 101 cm³/mol. The van der Waals surface area contributed by atoms with Crippen LogP contribution in [0, 0.1) is 5.92 Å². The van der Waals surface area contributed by atoms with Crippen molar-refractivity contribution in [3.05, 3.63) is 60.2 Å². The molecule has 2 aromatic rings. The summed E-state index contributed by atoms with van der Waals surface area (Å²) in [4.78, 5) is 0. The van der Waals surface area contributed by atoms with Crippen molar-refractivity contribution in [3.8, 4) is 5.75 Å². The summed E-state index contributed by atoms with van der Waals surface area (Å²) in [6.45, 7) is 4.44. The van der Waals surface area contributed by atoms with Gasteiger partial charge in [-0.3, -0.25) is 0 Å². The van der Waals surface area contributed by atoms with Gasteiger partial charge in [0.25, 0.3) is 0 Å². The second-order valence-electron chi connectivity index (χ2n) is 5.92. The van der Waals surface area contributed by atoms with E-state index in [0.717, 1.165) is 17.9 Å². The average molecular weight is 328 g/mol. The van der Waals surface area contributed by atoms with Gasteiger partial charge in [0.15, 0.2) is 5.11 Å². The van der Waals surface area contributed by atoms with E-state index in [2.05, 4.69) is 48.7 Å². The third-order valence-corrected chi connectivity index (χ3v) is 3.78. The van der Waals surface area contributed by atoms with Gasteiger partial charge < -0.3 is 15.4 Å². The number of anilines is 1. The summed E-state index contributed by atoms with van der Waals surface area (Å²) in [5.74, 6) is 1.41. The van der Waals surface area contributed by atoms with Gasteiger partial charge in [0.1, 0.15) is 5.75 Å². The Morgan fingerprint density at radius 3 is 2.26 bits per heavy atom. The zero-order chi connectivity index (χ0) is 16.7. The second-order valence-corrected chi connectivity index (χ2v) is 6.33. The molecule has 23 heavy (non-hydrogen) atoms. The first-order chi connectivity index (χ1) is 11.1. The summed E-state index contributed by atoms with van der Waals surface area (Å²) in [5, 5.41) is 7.29. The highest BCUT2D eigenvalue weighted by Gasteiger charge is 2.14. The number of methoxy groups -OCH3 is 1. The van der Waals surface area contributed by atoms with Crippen molar-refractivity contribution in [1.82, 2.24) is 5.32 Å². The zero-order valence-corrected chi connectivity index (χ0v) is 14.7. The second kappa shape index (κ2) is 8.53. The Kier molecular flexibility index (Phi) is 6.41. The Morgan fingerprint density at radius 1 is 1.04 bits per heavy atom. The van der Waals surface area contributed by atoms with Gasteiger partial charge in [-0.25, -0.2) is 0 Å². The Bertz CT molecular complexity index is 611. The zero-order valence-electron chi connectivity index (χ0n) is 13.9.